The molecular weight excluding hydrogens is 393 g/mol. The molecule has 1 atom stereocenters. The van der Waals surface area contributed by atoms with Gasteiger partial charge in [-0.3, -0.25) is 19.5 Å². The first kappa shape index (κ1) is 19.6. The molecule has 0 saturated carbocycles. The molecule has 2 aromatic heterocycles. The van der Waals surface area contributed by atoms with Crippen molar-refractivity contribution in [2.75, 3.05) is 4.90 Å². The number of carbonyl (C=O) groups is 1. The number of rotatable bonds is 5. The zero-order valence-electron chi connectivity index (χ0n) is 16.8. The quantitative estimate of drug-likeness (QED) is 0.642. The molecule has 4 rings (SSSR count). The van der Waals surface area contributed by atoms with Gasteiger partial charge in [0.15, 0.2) is 0 Å². The van der Waals surface area contributed by atoms with Crippen LogP contribution in [0.2, 0.25) is 5.02 Å². The minimum absolute atomic E-state index is 0.142. The van der Waals surface area contributed by atoms with Crippen molar-refractivity contribution in [2.45, 2.75) is 46.2 Å². The Morgan fingerprint density at radius 3 is 2.66 bits per heavy atom. The lowest BCUT2D eigenvalue weighted by Gasteiger charge is -2.25. The lowest BCUT2D eigenvalue weighted by atomic mass is 9.95. The number of hydrogen-bond acceptors (Lipinski definition) is 3. The van der Waals surface area contributed by atoms with Gasteiger partial charge in [0.1, 0.15) is 11.5 Å². The molecule has 1 unspecified atom stereocenters. The summed E-state index contributed by atoms with van der Waals surface area (Å²) in [6.07, 6.45) is 4.13. The number of anilines is 1. The van der Waals surface area contributed by atoms with Crippen LogP contribution < -0.4 is 4.90 Å². The molecule has 1 aromatic carbocycles. The summed E-state index contributed by atoms with van der Waals surface area (Å²) >= 11 is 5.97. The molecular formula is C21H23ClFN5O. The Balaban J connectivity index is 1.89. The normalized spacial score (nSPS) is 16.3. The Labute approximate surface area is 173 Å². The van der Waals surface area contributed by atoms with Gasteiger partial charge >= 0.3 is 0 Å². The van der Waals surface area contributed by atoms with E-state index in [4.69, 9.17) is 11.6 Å². The molecule has 1 amide bonds. The fourth-order valence-electron chi connectivity index (χ4n) is 3.77. The van der Waals surface area contributed by atoms with Gasteiger partial charge in [-0.25, -0.2) is 4.39 Å². The number of fused-ring (bicyclic) bond motifs is 1. The van der Waals surface area contributed by atoms with Crippen molar-refractivity contribution in [1.29, 1.82) is 0 Å². The van der Waals surface area contributed by atoms with Crippen LogP contribution in [0.1, 0.15) is 67.1 Å². The first-order valence-corrected chi connectivity index (χ1v) is 10.1. The minimum Gasteiger partial charge on any atom is -0.292 e. The zero-order valence-corrected chi connectivity index (χ0v) is 17.5. The number of aromatic amines is 1. The van der Waals surface area contributed by atoms with E-state index < -0.39 is 11.9 Å². The Hall–Kier alpha value is -2.67. The molecule has 0 fully saturated rings. The number of hydrogen-bond donors (Lipinski definition) is 1. The van der Waals surface area contributed by atoms with Crippen molar-refractivity contribution < 1.29 is 9.18 Å². The Morgan fingerprint density at radius 1 is 1.28 bits per heavy atom. The molecule has 152 valence electrons. The van der Waals surface area contributed by atoms with E-state index in [0.29, 0.717) is 34.3 Å². The van der Waals surface area contributed by atoms with Crippen LogP contribution in [0.5, 0.6) is 0 Å². The molecule has 1 N–H and O–H groups in total. The SMILES string of the molecule is CC(C)Cc1n[nH]c2c1C(c1ccc(Cl)cc1F)N(c1cnn(C(C)C)c1)C2=O. The average molecular weight is 416 g/mol. The second kappa shape index (κ2) is 7.30. The van der Waals surface area contributed by atoms with E-state index in [2.05, 4.69) is 29.1 Å². The van der Waals surface area contributed by atoms with E-state index in [9.17, 15) is 9.18 Å². The predicted molar refractivity (Wildman–Crippen MR) is 110 cm³/mol. The molecule has 3 heterocycles. The molecule has 1 aliphatic rings. The van der Waals surface area contributed by atoms with Gasteiger partial charge in [0, 0.05) is 28.4 Å². The maximum absolute atomic E-state index is 15.0. The van der Waals surface area contributed by atoms with Crippen molar-refractivity contribution in [2.24, 2.45) is 5.92 Å². The number of benzene rings is 1. The van der Waals surface area contributed by atoms with E-state index >= 15 is 0 Å². The zero-order chi connectivity index (χ0) is 20.9. The smallest absolute Gasteiger partial charge is 0.277 e. The van der Waals surface area contributed by atoms with E-state index in [1.54, 1.807) is 27.9 Å². The van der Waals surface area contributed by atoms with Crippen molar-refractivity contribution in [1.82, 2.24) is 20.0 Å². The lowest BCUT2D eigenvalue weighted by Crippen LogP contribution is -2.29. The summed E-state index contributed by atoms with van der Waals surface area (Å²) in [5.41, 5.74) is 2.90. The molecule has 1 aliphatic heterocycles. The van der Waals surface area contributed by atoms with Crippen LogP contribution in [-0.2, 0) is 6.42 Å². The number of halogens is 2. The molecule has 8 heteroatoms. The maximum Gasteiger partial charge on any atom is 0.277 e. The fraction of sp³-hybridized carbons (Fsp3) is 0.381. The van der Waals surface area contributed by atoms with Crippen LogP contribution in [-0.4, -0.2) is 25.9 Å². The molecule has 0 bridgehead atoms. The summed E-state index contributed by atoms with van der Waals surface area (Å²) in [6.45, 7) is 8.18. The molecule has 0 spiro atoms. The second-order valence-corrected chi connectivity index (χ2v) is 8.51. The van der Waals surface area contributed by atoms with Crippen LogP contribution in [0.4, 0.5) is 10.1 Å². The number of amides is 1. The highest BCUT2D eigenvalue weighted by atomic mass is 35.5. The van der Waals surface area contributed by atoms with Crippen molar-refractivity contribution >= 4 is 23.2 Å². The highest BCUT2D eigenvalue weighted by molar-refractivity contribution is 6.30. The third-order valence-corrected chi connectivity index (χ3v) is 5.34. The molecule has 29 heavy (non-hydrogen) atoms. The number of nitrogens with zero attached hydrogens (tertiary/aromatic N) is 4. The van der Waals surface area contributed by atoms with Gasteiger partial charge in [-0.05, 0) is 38.3 Å². The summed E-state index contributed by atoms with van der Waals surface area (Å²) in [7, 11) is 0. The molecule has 6 nitrogen and oxygen atoms in total. The fourth-order valence-corrected chi connectivity index (χ4v) is 3.93. The van der Waals surface area contributed by atoms with E-state index in [1.807, 2.05) is 20.0 Å². The number of H-pyrrole nitrogens is 1. The summed E-state index contributed by atoms with van der Waals surface area (Å²) in [6, 6.07) is 4.06. The first-order valence-electron chi connectivity index (χ1n) is 9.67. The Morgan fingerprint density at radius 2 is 2.03 bits per heavy atom. The van der Waals surface area contributed by atoms with Crippen LogP contribution in [0.15, 0.2) is 30.6 Å². The van der Waals surface area contributed by atoms with Gasteiger partial charge in [0.2, 0.25) is 0 Å². The molecule has 0 radical (unpaired) electrons. The van der Waals surface area contributed by atoms with E-state index in [1.165, 1.54) is 6.07 Å². The summed E-state index contributed by atoms with van der Waals surface area (Å²) in [5.74, 6) is -0.364. The van der Waals surface area contributed by atoms with Gasteiger partial charge in [0.05, 0.1) is 23.6 Å². The molecule has 3 aromatic rings. The van der Waals surface area contributed by atoms with Crippen molar-refractivity contribution in [3.8, 4) is 0 Å². The maximum atomic E-state index is 15.0. The van der Waals surface area contributed by atoms with Gasteiger partial charge in [-0.15, -0.1) is 0 Å². The highest BCUT2D eigenvalue weighted by Crippen LogP contribution is 2.44. The third-order valence-electron chi connectivity index (χ3n) is 5.10. The van der Waals surface area contributed by atoms with Crippen LogP contribution in [0, 0.1) is 11.7 Å². The van der Waals surface area contributed by atoms with E-state index in [0.717, 1.165) is 11.3 Å². The van der Waals surface area contributed by atoms with Gasteiger partial charge in [0.25, 0.3) is 5.91 Å². The van der Waals surface area contributed by atoms with Crippen molar-refractivity contribution in [3.05, 3.63) is 63.9 Å². The Kier molecular flexibility index (Phi) is 4.94. The summed E-state index contributed by atoms with van der Waals surface area (Å²) in [4.78, 5) is 14.9. The topological polar surface area (TPSA) is 66.8 Å². The van der Waals surface area contributed by atoms with Crippen LogP contribution >= 0.6 is 11.6 Å². The number of carbonyl (C=O) groups excluding carboxylic acids is 1. The first-order chi connectivity index (χ1) is 13.8. The third kappa shape index (κ3) is 3.33. The van der Waals surface area contributed by atoms with Gasteiger partial charge in [-0.2, -0.15) is 10.2 Å². The number of aromatic nitrogens is 4. The van der Waals surface area contributed by atoms with E-state index in [-0.39, 0.29) is 11.9 Å². The predicted octanol–water partition coefficient (Wildman–Crippen LogP) is 4.93. The molecule has 0 aliphatic carbocycles. The molecule has 0 saturated heterocycles. The van der Waals surface area contributed by atoms with Crippen LogP contribution in [0.25, 0.3) is 0 Å². The van der Waals surface area contributed by atoms with Crippen molar-refractivity contribution in [3.63, 3.8) is 0 Å². The summed E-state index contributed by atoms with van der Waals surface area (Å²) in [5, 5.41) is 11.9. The largest absolute Gasteiger partial charge is 0.292 e. The second-order valence-electron chi connectivity index (χ2n) is 8.07. The lowest BCUT2D eigenvalue weighted by molar-refractivity contribution is 0.0988. The Bertz CT molecular complexity index is 1070. The number of nitrogens with one attached hydrogen (secondary N) is 1. The van der Waals surface area contributed by atoms with Crippen LogP contribution in [0.3, 0.4) is 0 Å². The van der Waals surface area contributed by atoms with Gasteiger partial charge < -0.3 is 0 Å². The standard InChI is InChI=1S/C21H23ClFN5O/c1-11(2)7-17-18-19(26-25-17)21(29)28(14-9-24-27(10-14)12(3)4)20(18)15-6-5-13(22)8-16(15)23/h5-6,8-12,20H,7H2,1-4H3,(H,25,26). The van der Waals surface area contributed by atoms with Gasteiger partial charge in [-0.1, -0.05) is 31.5 Å². The summed E-state index contributed by atoms with van der Waals surface area (Å²) < 4.78 is 16.7. The monoisotopic (exact) mass is 415 g/mol. The average Bonchev–Trinajstić information content (AvgIpc) is 3.32. The highest BCUT2D eigenvalue weighted by Gasteiger charge is 2.44. The minimum atomic E-state index is -0.632.